The zero-order valence-corrected chi connectivity index (χ0v) is 9.20. The van der Waals surface area contributed by atoms with Gasteiger partial charge in [0.1, 0.15) is 0 Å². The molecular weight excluding hydrogens is 192 g/mol. The molecule has 1 saturated heterocycles. The van der Waals surface area contributed by atoms with Gasteiger partial charge in [0.15, 0.2) is 12.1 Å². The van der Waals surface area contributed by atoms with Gasteiger partial charge in [0.25, 0.3) is 0 Å². The molecule has 2 rings (SSSR count). The molecule has 0 spiro atoms. The summed E-state index contributed by atoms with van der Waals surface area (Å²) in [7, 11) is 0. The third kappa shape index (κ3) is 3.14. The van der Waals surface area contributed by atoms with E-state index in [9.17, 15) is 4.79 Å². The fourth-order valence-electron chi connectivity index (χ4n) is 2.26. The van der Waals surface area contributed by atoms with Crippen molar-refractivity contribution in [3.05, 3.63) is 11.6 Å². The van der Waals surface area contributed by atoms with E-state index < -0.39 is 0 Å². The normalized spacial score (nSPS) is 28.2. The highest BCUT2D eigenvalue weighted by atomic mass is 16.7. The second-order valence-corrected chi connectivity index (χ2v) is 4.49. The summed E-state index contributed by atoms with van der Waals surface area (Å²) in [5.41, 5.74) is 1.26. The van der Waals surface area contributed by atoms with Crippen molar-refractivity contribution < 1.29 is 14.3 Å². The van der Waals surface area contributed by atoms with Crippen molar-refractivity contribution in [2.75, 3.05) is 13.2 Å². The highest BCUT2D eigenvalue weighted by molar-refractivity contribution is 5.91. The third-order valence-electron chi connectivity index (χ3n) is 2.92. The van der Waals surface area contributed by atoms with Gasteiger partial charge < -0.3 is 9.47 Å². The van der Waals surface area contributed by atoms with E-state index in [4.69, 9.17) is 9.47 Å². The van der Waals surface area contributed by atoms with Gasteiger partial charge in [0.2, 0.25) is 0 Å². The molecule has 1 fully saturated rings. The van der Waals surface area contributed by atoms with Gasteiger partial charge in [0, 0.05) is 12.8 Å². The predicted octanol–water partition coefficient (Wildman–Crippen LogP) is 2.06. The van der Waals surface area contributed by atoms with Crippen LogP contribution in [0.5, 0.6) is 0 Å². The number of rotatable bonds is 3. The molecule has 3 nitrogen and oxygen atoms in total. The lowest BCUT2D eigenvalue weighted by molar-refractivity contribution is -0.115. The van der Waals surface area contributed by atoms with Crippen LogP contribution in [-0.4, -0.2) is 25.3 Å². The van der Waals surface area contributed by atoms with Gasteiger partial charge in [-0.05, 0) is 24.8 Å². The van der Waals surface area contributed by atoms with Crippen molar-refractivity contribution in [3.8, 4) is 0 Å². The molecule has 15 heavy (non-hydrogen) atoms. The lowest BCUT2D eigenvalue weighted by Crippen LogP contribution is -2.13. The summed E-state index contributed by atoms with van der Waals surface area (Å²) in [5, 5.41) is 0. The van der Waals surface area contributed by atoms with E-state index in [0.717, 1.165) is 19.3 Å². The summed E-state index contributed by atoms with van der Waals surface area (Å²) in [4.78, 5) is 11.3. The Labute approximate surface area is 90.4 Å². The number of allylic oxidation sites excluding steroid dienone is 2. The van der Waals surface area contributed by atoms with Crippen molar-refractivity contribution in [3.63, 3.8) is 0 Å². The van der Waals surface area contributed by atoms with Crippen LogP contribution < -0.4 is 0 Å². The van der Waals surface area contributed by atoms with E-state index in [1.807, 2.05) is 6.08 Å². The Hall–Kier alpha value is -0.670. The fourth-order valence-corrected chi connectivity index (χ4v) is 2.26. The molecule has 0 saturated carbocycles. The van der Waals surface area contributed by atoms with Gasteiger partial charge in [0.05, 0.1) is 13.2 Å². The minimum atomic E-state index is -0.0433. The molecule has 0 bridgehead atoms. The summed E-state index contributed by atoms with van der Waals surface area (Å²) in [5.74, 6) is 0.778. The van der Waals surface area contributed by atoms with Gasteiger partial charge in [-0.15, -0.1) is 0 Å². The van der Waals surface area contributed by atoms with Crippen molar-refractivity contribution in [1.82, 2.24) is 0 Å². The topological polar surface area (TPSA) is 35.5 Å². The first-order valence-corrected chi connectivity index (χ1v) is 5.69. The highest BCUT2D eigenvalue weighted by Crippen LogP contribution is 2.26. The number of carbonyl (C=O) groups excluding carboxylic acids is 1. The average Bonchev–Trinajstić information content (AvgIpc) is 2.65. The summed E-state index contributed by atoms with van der Waals surface area (Å²) < 4.78 is 10.7. The number of ketones is 1. The van der Waals surface area contributed by atoms with Crippen LogP contribution in [0.3, 0.4) is 0 Å². The number of carbonyl (C=O) groups is 1. The van der Waals surface area contributed by atoms with Crippen molar-refractivity contribution in [1.29, 1.82) is 0 Å². The second-order valence-electron chi connectivity index (χ2n) is 4.49. The second kappa shape index (κ2) is 4.90. The Morgan fingerprint density at radius 3 is 2.73 bits per heavy atom. The van der Waals surface area contributed by atoms with Crippen LogP contribution in [0.4, 0.5) is 0 Å². The molecule has 0 radical (unpaired) electrons. The maximum atomic E-state index is 11.3. The standard InChI is InChI=1S/C12H18O3/c1-9-6-10(8-11(13)7-9)2-3-12-14-4-5-15-12/h8-9,12H,2-7H2,1H3/t9-/m1/s1. The quantitative estimate of drug-likeness (QED) is 0.715. The van der Waals surface area contributed by atoms with Crippen LogP contribution in [0.25, 0.3) is 0 Å². The van der Waals surface area contributed by atoms with Crippen molar-refractivity contribution in [2.45, 2.75) is 38.9 Å². The Kier molecular flexibility index (Phi) is 3.54. The molecule has 0 aromatic rings. The van der Waals surface area contributed by atoms with Crippen LogP contribution in [0.1, 0.15) is 32.6 Å². The van der Waals surface area contributed by atoms with Crippen LogP contribution >= 0.6 is 0 Å². The lowest BCUT2D eigenvalue weighted by atomic mass is 9.87. The van der Waals surface area contributed by atoms with E-state index in [-0.39, 0.29) is 12.1 Å². The van der Waals surface area contributed by atoms with Gasteiger partial charge >= 0.3 is 0 Å². The van der Waals surface area contributed by atoms with Crippen LogP contribution in [0.2, 0.25) is 0 Å². The molecule has 2 aliphatic rings. The molecule has 1 atom stereocenters. The van der Waals surface area contributed by atoms with Gasteiger partial charge in [-0.3, -0.25) is 4.79 Å². The molecule has 3 heteroatoms. The molecule has 1 aliphatic heterocycles. The zero-order valence-electron chi connectivity index (χ0n) is 9.20. The maximum Gasteiger partial charge on any atom is 0.158 e. The predicted molar refractivity (Wildman–Crippen MR) is 56.4 cm³/mol. The highest BCUT2D eigenvalue weighted by Gasteiger charge is 2.20. The molecule has 0 N–H and O–H groups in total. The van der Waals surface area contributed by atoms with Gasteiger partial charge in [-0.2, -0.15) is 0 Å². The SMILES string of the molecule is C[C@H]1CC(=O)C=C(CCC2OCCO2)C1. The first-order chi connectivity index (χ1) is 7.24. The van der Waals surface area contributed by atoms with E-state index in [1.165, 1.54) is 5.57 Å². The summed E-state index contributed by atoms with van der Waals surface area (Å²) in [6.45, 7) is 3.55. The van der Waals surface area contributed by atoms with Gasteiger partial charge in [-0.25, -0.2) is 0 Å². The summed E-state index contributed by atoms with van der Waals surface area (Å²) >= 11 is 0. The summed E-state index contributed by atoms with van der Waals surface area (Å²) in [6, 6.07) is 0. The minimum absolute atomic E-state index is 0.0433. The Morgan fingerprint density at radius 1 is 1.33 bits per heavy atom. The van der Waals surface area contributed by atoms with Crippen LogP contribution in [0.15, 0.2) is 11.6 Å². The molecule has 0 aromatic carbocycles. The monoisotopic (exact) mass is 210 g/mol. The molecule has 0 amide bonds. The smallest absolute Gasteiger partial charge is 0.158 e. The van der Waals surface area contributed by atoms with E-state index in [1.54, 1.807) is 0 Å². The Balaban J connectivity index is 1.80. The zero-order chi connectivity index (χ0) is 10.7. The van der Waals surface area contributed by atoms with Crippen molar-refractivity contribution >= 4 is 5.78 Å². The molecular formula is C12H18O3. The van der Waals surface area contributed by atoms with E-state index in [2.05, 4.69) is 6.92 Å². The van der Waals surface area contributed by atoms with E-state index in [0.29, 0.717) is 25.6 Å². The average molecular weight is 210 g/mol. The minimum Gasteiger partial charge on any atom is -0.350 e. The van der Waals surface area contributed by atoms with Crippen LogP contribution in [0, 0.1) is 5.92 Å². The number of ether oxygens (including phenoxy) is 2. The first-order valence-electron chi connectivity index (χ1n) is 5.69. The van der Waals surface area contributed by atoms with Crippen molar-refractivity contribution in [2.24, 2.45) is 5.92 Å². The molecule has 1 aliphatic carbocycles. The molecule has 84 valence electrons. The Morgan fingerprint density at radius 2 is 2.07 bits per heavy atom. The largest absolute Gasteiger partial charge is 0.350 e. The fraction of sp³-hybridized carbons (Fsp3) is 0.750. The molecule has 0 aromatic heterocycles. The Bertz CT molecular complexity index is 264. The lowest BCUT2D eigenvalue weighted by Gasteiger charge is -2.19. The van der Waals surface area contributed by atoms with E-state index >= 15 is 0 Å². The molecule has 0 unspecified atom stereocenters. The number of hydrogen-bond donors (Lipinski definition) is 0. The first kappa shape index (κ1) is 10.8. The number of hydrogen-bond acceptors (Lipinski definition) is 3. The van der Waals surface area contributed by atoms with Gasteiger partial charge in [-0.1, -0.05) is 12.5 Å². The summed E-state index contributed by atoms with van der Waals surface area (Å²) in [6.07, 6.45) is 5.35. The third-order valence-corrected chi connectivity index (χ3v) is 2.92. The molecule has 1 heterocycles. The maximum absolute atomic E-state index is 11.3. The van der Waals surface area contributed by atoms with Crippen LogP contribution in [-0.2, 0) is 14.3 Å².